The van der Waals surface area contributed by atoms with E-state index in [9.17, 15) is 4.79 Å². The molecule has 0 unspecified atom stereocenters. The first kappa shape index (κ1) is 14.8. The predicted octanol–water partition coefficient (Wildman–Crippen LogP) is 3.46. The maximum absolute atomic E-state index is 12.6. The molecule has 21 heavy (non-hydrogen) atoms. The molecule has 0 aromatic carbocycles. The third kappa shape index (κ3) is 3.05. The van der Waals surface area contributed by atoms with Gasteiger partial charge in [0.25, 0.3) is 0 Å². The monoisotopic (exact) mass is 290 g/mol. The van der Waals surface area contributed by atoms with Crippen LogP contribution in [-0.2, 0) is 16.0 Å². The van der Waals surface area contributed by atoms with Crippen LogP contribution in [0.2, 0.25) is 0 Å². The van der Waals surface area contributed by atoms with Gasteiger partial charge >= 0.3 is 0 Å². The molecule has 2 saturated carbocycles. The Bertz CT molecular complexity index is 483. The lowest BCUT2D eigenvalue weighted by atomic mass is 9.93. The first-order valence-electron chi connectivity index (χ1n) is 8.36. The molecule has 116 valence electrons. The van der Waals surface area contributed by atoms with Crippen molar-refractivity contribution in [2.24, 2.45) is 0 Å². The molecule has 2 aliphatic rings. The quantitative estimate of drug-likeness (QED) is 0.834. The van der Waals surface area contributed by atoms with Crippen molar-refractivity contribution < 1.29 is 9.53 Å². The minimum Gasteiger partial charge on any atom is -0.370 e. The van der Waals surface area contributed by atoms with E-state index in [-0.39, 0.29) is 5.78 Å². The summed E-state index contributed by atoms with van der Waals surface area (Å²) in [6.45, 7) is 0. The SMILES string of the molecule is COC1(C(=O)Cc2ccn(C3CCCCC3)n2)CCCC1. The van der Waals surface area contributed by atoms with Crippen molar-refractivity contribution in [3.8, 4) is 0 Å². The smallest absolute Gasteiger partial charge is 0.170 e. The second kappa shape index (κ2) is 6.30. The normalized spacial score (nSPS) is 22.5. The zero-order valence-electron chi connectivity index (χ0n) is 13.0. The van der Waals surface area contributed by atoms with Gasteiger partial charge in [-0.25, -0.2) is 0 Å². The third-order valence-electron chi connectivity index (χ3n) is 5.26. The molecule has 1 heterocycles. The molecule has 0 saturated heterocycles. The highest BCUT2D eigenvalue weighted by Gasteiger charge is 2.40. The maximum Gasteiger partial charge on any atom is 0.170 e. The third-order valence-corrected chi connectivity index (χ3v) is 5.26. The van der Waals surface area contributed by atoms with E-state index in [1.54, 1.807) is 7.11 Å². The van der Waals surface area contributed by atoms with E-state index in [2.05, 4.69) is 9.78 Å². The van der Waals surface area contributed by atoms with Crippen molar-refractivity contribution in [2.45, 2.75) is 75.9 Å². The van der Waals surface area contributed by atoms with E-state index < -0.39 is 5.60 Å². The van der Waals surface area contributed by atoms with Crippen LogP contribution < -0.4 is 0 Å². The number of hydrogen-bond donors (Lipinski definition) is 0. The molecule has 1 aromatic rings. The van der Waals surface area contributed by atoms with Gasteiger partial charge in [-0.15, -0.1) is 0 Å². The van der Waals surface area contributed by atoms with E-state index in [0.717, 1.165) is 31.4 Å². The molecule has 3 rings (SSSR count). The summed E-state index contributed by atoms with van der Waals surface area (Å²) in [7, 11) is 1.67. The summed E-state index contributed by atoms with van der Waals surface area (Å²) in [6, 6.07) is 2.54. The predicted molar refractivity (Wildman–Crippen MR) is 81.3 cm³/mol. The minimum atomic E-state index is -0.533. The summed E-state index contributed by atoms with van der Waals surface area (Å²) in [5, 5.41) is 4.65. The lowest BCUT2D eigenvalue weighted by Gasteiger charge is -2.25. The van der Waals surface area contributed by atoms with Crippen LogP contribution in [0.3, 0.4) is 0 Å². The minimum absolute atomic E-state index is 0.205. The van der Waals surface area contributed by atoms with Crippen molar-refractivity contribution in [3.63, 3.8) is 0 Å². The molecule has 0 radical (unpaired) electrons. The van der Waals surface area contributed by atoms with Crippen LogP contribution in [0.5, 0.6) is 0 Å². The molecular formula is C17H26N2O2. The van der Waals surface area contributed by atoms with E-state index in [1.807, 2.05) is 12.3 Å². The fourth-order valence-corrected chi connectivity index (χ4v) is 3.89. The Labute approximate surface area is 126 Å². The van der Waals surface area contributed by atoms with Crippen LogP contribution >= 0.6 is 0 Å². The molecule has 0 N–H and O–H groups in total. The summed E-state index contributed by atoms with van der Waals surface area (Å²) in [5.41, 5.74) is 0.364. The van der Waals surface area contributed by atoms with E-state index in [4.69, 9.17) is 4.74 Å². The summed E-state index contributed by atoms with van der Waals surface area (Å²) >= 11 is 0. The average Bonchev–Trinajstić information content (AvgIpc) is 3.18. The standard InChI is InChI=1S/C17H26N2O2/c1-21-17(10-5-6-11-17)16(20)13-14-9-12-19(18-14)15-7-3-2-4-8-15/h9,12,15H,2-8,10-11,13H2,1H3. The molecule has 0 bridgehead atoms. The molecule has 4 nitrogen and oxygen atoms in total. The van der Waals surface area contributed by atoms with Gasteiger partial charge in [0.1, 0.15) is 5.60 Å². The molecule has 2 aliphatic carbocycles. The van der Waals surface area contributed by atoms with Crippen LogP contribution in [0, 0.1) is 0 Å². The number of carbonyl (C=O) groups is 1. The van der Waals surface area contributed by atoms with E-state index >= 15 is 0 Å². The fraction of sp³-hybridized carbons (Fsp3) is 0.765. The Morgan fingerprint density at radius 2 is 2.00 bits per heavy atom. The van der Waals surface area contributed by atoms with Crippen molar-refractivity contribution >= 4 is 5.78 Å². The summed E-state index contributed by atoms with van der Waals surface area (Å²) < 4.78 is 7.65. The van der Waals surface area contributed by atoms with Crippen molar-refractivity contribution in [3.05, 3.63) is 18.0 Å². The number of carbonyl (C=O) groups excluding carboxylic acids is 1. The second-order valence-electron chi connectivity index (χ2n) is 6.58. The maximum atomic E-state index is 12.6. The van der Waals surface area contributed by atoms with Gasteiger partial charge in [0, 0.05) is 13.3 Å². The molecular weight excluding hydrogens is 264 g/mol. The number of nitrogens with zero attached hydrogens (tertiary/aromatic N) is 2. The van der Waals surface area contributed by atoms with Gasteiger partial charge < -0.3 is 4.74 Å². The molecule has 0 amide bonds. The van der Waals surface area contributed by atoms with Gasteiger partial charge in [-0.05, 0) is 44.6 Å². The topological polar surface area (TPSA) is 44.1 Å². The Morgan fingerprint density at radius 3 is 2.67 bits per heavy atom. The number of ketones is 1. The molecule has 1 aromatic heterocycles. The highest BCUT2D eigenvalue weighted by Crippen LogP contribution is 2.34. The Morgan fingerprint density at radius 1 is 1.29 bits per heavy atom. The van der Waals surface area contributed by atoms with Gasteiger partial charge in [0.05, 0.1) is 18.2 Å². The van der Waals surface area contributed by atoms with Crippen molar-refractivity contribution in [1.82, 2.24) is 9.78 Å². The number of Topliss-reactive ketones (excluding diaryl/α,β-unsaturated/α-hetero) is 1. The number of aromatic nitrogens is 2. The first-order valence-corrected chi connectivity index (χ1v) is 8.36. The number of ether oxygens (including phenoxy) is 1. The van der Waals surface area contributed by atoms with Crippen LogP contribution in [0.4, 0.5) is 0 Å². The van der Waals surface area contributed by atoms with Gasteiger partial charge in [-0.2, -0.15) is 5.10 Å². The summed E-state index contributed by atoms with van der Waals surface area (Å²) in [4.78, 5) is 12.6. The lowest BCUT2D eigenvalue weighted by molar-refractivity contribution is -0.139. The Hall–Kier alpha value is -1.16. The van der Waals surface area contributed by atoms with Crippen LogP contribution in [0.25, 0.3) is 0 Å². The Kier molecular flexibility index (Phi) is 4.43. The highest BCUT2D eigenvalue weighted by molar-refractivity contribution is 5.89. The number of hydrogen-bond acceptors (Lipinski definition) is 3. The lowest BCUT2D eigenvalue weighted by Crippen LogP contribution is -2.39. The second-order valence-corrected chi connectivity index (χ2v) is 6.58. The van der Waals surface area contributed by atoms with Crippen LogP contribution in [0.15, 0.2) is 12.3 Å². The van der Waals surface area contributed by atoms with Gasteiger partial charge in [-0.1, -0.05) is 19.3 Å². The van der Waals surface area contributed by atoms with Gasteiger partial charge in [0.2, 0.25) is 0 Å². The number of rotatable bonds is 5. The molecule has 0 aliphatic heterocycles. The summed E-state index contributed by atoms with van der Waals surface area (Å²) in [6.07, 6.45) is 12.8. The van der Waals surface area contributed by atoms with Gasteiger partial charge in [-0.3, -0.25) is 9.48 Å². The average molecular weight is 290 g/mol. The number of methoxy groups -OCH3 is 1. The summed E-state index contributed by atoms with van der Waals surface area (Å²) in [5.74, 6) is 0.205. The Balaban J connectivity index is 1.65. The molecule has 0 spiro atoms. The molecule has 4 heteroatoms. The highest BCUT2D eigenvalue weighted by atomic mass is 16.5. The van der Waals surface area contributed by atoms with Crippen LogP contribution in [-0.4, -0.2) is 28.3 Å². The molecule has 2 fully saturated rings. The van der Waals surface area contributed by atoms with E-state index in [1.165, 1.54) is 32.1 Å². The van der Waals surface area contributed by atoms with E-state index in [0.29, 0.717) is 12.5 Å². The molecule has 0 atom stereocenters. The fourth-order valence-electron chi connectivity index (χ4n) is 3.89. The van der Waals surface area contributed by atoms with Gasteiger partial charge in [0.15, 0.2) is 5.78 Å². The van der Waals surface area contributed by atoms with Crippen molar-refractivity contribution in [1.29, 1.82) is 0 Å². The zero-order chi connectivity index (χ0) is 14.7. The zero-order valence-corrected chi connectivity index (χ0v) is 13.0. The van der Waals surface area contributed by atoms with Crippen molar-refractivity contribution in [2.75, 3.05) is 7.11 Å². The first-order chi connectivity index (χ1) is 10.2. The largest absolute Gasteiger partial charge is 0.370 e. The van der Waals surface area contributed by atoms with Crippen LogP contribution in [0.1, 0.15) is 69.5 Å².